The maximum Gasteiger partial charge on any atom is 0.341 e. The number of thioether (sulfide) groups is 1. The Morgan fingerprint density at radius 3 is 2.82 bits per heavy atom. The number of thiophene rings is 1. The molecule has 152 valence electrons. The maximum absolute atomic E-state index is 12.5. The molecule has 0 fully saturated rings. The number of fused-ring (bicyclic) bond motifs is 1. The van der Waals surface area contributed by atoms with E-state index in [0.29, 0.717) is 28.2 Å². The number of nitrogens with one attached hydrogen (secondary N) is 1. The molecule has 28 heavy (non-hydrogen) atoms. The summed E-state index contributed by atoms with van der Waals surface area (Å²) in [5.74, 6) is 1.16. The molecule has 0 unspecified atom stereocenters. The van der Waals surface area contributed by atoms with Crippen molar-refractivity contribution in [2.24, 2.45) is 13.0 Å². The first-order valence-corrected chi connectivity index (χ1v) is 11.4. The van der Waals surface area contributed by atoms with Crippen LogP contribution in [0.4, 0.5) is 5.00 Å². The third kappa shape index (κ3) is 4.41. The third-order valence-corrected chi connectivity index (χ3v) is 7.01. The minimum Gasteiger partial charge on any atom is -0.462 e. The van der Waals surface area contributed by atoms with E-state index in [2.05, 4.69) is 22.4 Å². The number of rotatable bonds is 7. The number of carbonyl (C=O) groups is 2. The van der Waals surface area contributed by atoms with Gasteiger partial charge in [0.2, 0.25) is 5.91 Å². The van der Waals surface area contributed by atoms with Crippen molar-refractivity contribution < 1.29 is 14.3 Å². The predicted molar refractivity (Wildman–Crippen MR) is 111 cm³/mol. The Balaban J connectivity index is 1.74. The van der Waals surface area contributed by atoms with E-state index in [4.69, 9.17) is 4.74 Å². The van der Waals surface area contributed by atoms with Gasteiger partial charge in [-0.15, -0.1) is 21.5 Å². The summed E-state index contributed by atoms with van der Waals surface area (Å²) in [4.78, 5) is 26.3. The smallest absolute Gasteiger partial charge is 0.341 e. The minimum atomic E-state index is -0.349. The second-order valence-electron chi connectivity index (χ2n) is 6.92. The highest BCUT2D eigenvalue weighted by molar-refractivity contribution is 7.99. The normalized spacial score (nSPS) is 15.9. The van der Waals surface area contributed by atoms with E-state index in [1.165, 1.54) is 28.0 Å². The molecule has 1 aliphatic carbocycles. The van der Waals surface area contributed by atoms with Gasteiger partial charge < -0.3 is 14.6 Å². The van der Waals surface area contributed by atoms with Crippen LogP contribution >= 0.6 is 23.1 Å². The van der Waals surface area contributed by atoms with Gasteiger partial charge in [-0.05, 0) is 37.7 Å². The van der Waals surface area contributed by atoms with E-state index in [9.17, 15) is 9.59 Å². The lowest BCUT2D eigenvalue weighted by atomic mass is 9.88. The first kappa shape index (κ1) is 20.9. The second-order valence-corrected chi connectivity index (χ2v) is 8.97. The Morgan fingerprint density at radius 2 is 2.14 bits per heavy atom. The van der Waals surface area contributed by atoms with Crippen molar-refractivity contribution >= 4 is 40.0 Å². The van der Waals surface area contributed by atoms with Crippen LogP contribution in [0.15, 0.2) is 5.16 Å². The molecule has 1 aliphatic rings. The SMILES string of the molecule is CCOC(=O)c1c(NC(=O)CSc2nnc(CC)n2C)sc2c1CC[C@@H](C)C2. The summed E-state index contributed by atoms with van der Waals surface area (Å²) in [6.07, 6.45) is 3.63. The van der Waals surface area contributed by atoms with E-state index in [1.807, 2.05) is 18.5 Å². The Labute approximate surface area is 173 Å². The molecule has 0 saturated carbocycles. The molecule has 1 amide bonds. The number of aromatic nitrogens is 3. The molecule has 1 atom stereocenters. The number of amides is 1. The molecule has 0 radical (unpaired) electrons. The van der Waals surface area contributed by atoms with Gasteiger partial charge in [-0.2, -0.15) is 0 Å². The van der Waals surface area contributed by atoms with Crippen LogP contribution in [0, 0.1) is 5.92 Å². The van der Waals surface area contributed by atoms with Gasteiger partial charge in [-0.25, -0.2) is 4.79 Å². The molecule has 2 aromatic rings. The van der Waals surface area contributed by atoms with Gasteiger partial charge in [0.05, 0.1) is 17.9 Å². The highest BCUT2D eigenvalue weighted by Gasteiger charge is 2.29. The fourth-order valence-electron chi connectivity index (χ4n) is 3.33. The van der Waals surface area contributed by atoms with Crippen molar-refractivity contribution in [3.8, 4) is 0 Å². The Hall–Kier alpha value is -1.87. The summed E-state index contributed by atoms with van der Waals surface area (Å²) in [7, 11) is 1.90. The van der Waals surface area contributed by atoms with E-state index in [1.54, 1.807) is 6.92 Å². The van der Waals surface area contributed by atoms with Crippen LogP contribution in [-0.4, -0.2) is 39.0 Å². The molecule has 0 aliphatic heterocycles. The van der Waals surface area contributed by atoms with Gasteiger partial charge in [-0.1, -0.05) is 25.6 Å². The molecule has 9 heteroatoms. The van der Waals surface area contributed by atoms with Crippen LogP contribution in [0.1, 0.15) is 53.8 Å². The Morgan fingerprint density at radius 1 is 1.36 bits per heavy atom. The van der Waals surface area contributed by atoms with Crippen LogP contribution in [-0.2, 0) is 35.8 Å². The molecule has 0 saturated heterocycles. The zero-order chi connectivity index (χ0) is 20.3. The summed E-state index contributed by atoms with van der Waals surface area (Å²) < 4.78 is 7.15. The van der Waals surface area contributed by atoms with Crippen LogP contribution in [0.3, 0.4) is 0 Å². The van der Waals surface area contributed by atoms with Gasteiger partial charge in [0.25, 0.3) is 0 Å². The molecule has 2 heterocycles. The highest BCUT2D eigenvalue weighted by atomic mass is 32.2. The Kier molecular flexibility index (Phi) is 6.77. The first-order chi connectivity index (χ1) is 13.4. The van der Waals surface area contributed by atoms with Crippen LogP contribution < -0.4 is 5.32 Å². The zero-order valence-electron chi connectivity index (χ0n) is 16.7. The van der Waals surface area contributed by atoms with Gasteiger partial charge in [0.1, 0.15) is 10.8 Å². The topological polar surface area (TPSA) is 86.1 Å². The van der Waals surface area contributed by atoms with Gasteiger partial charge >= 0.3 is 5.97 Å². The number of nitrogens with zero attached hydrogens (tertiary/aromatic N) is 3. The summed E-state index contributed by atoms with van der Waals surface area (Å²) in [6.45, 7) is 6.34. The summed E-state index contributed by atoms with van der Waals surface area (Å²) in [6, 6.07) is 0. The molecule has 3 rings (SSSR count). The summed E-state index contributed by atoms with van der Waals surface area (Å²) >= 11 is 2.84. The molecule has 0 spiro atoms. The number of aryl methyl sites for hydroxylation is 1. The summed E-state index contributed by atoms with van der Waals surface area (Å²) in [5.41, 5.74) is 1.59. The Bertz CT molecular complexity index is 875. The van der Waals surface area contributed by atoms with Crippen LogP contribution in [0.5, 0.6) is 0 Å². The number of esters is 1. The molecule has 1 N–H and O–H groups in total. The number of ether oxygens (including phenoxy) is 1. The predicted octanol–water partition coefficient (Wildman–Crippen LogP) is 3.47. The van der Waals surface area contributed by atoms with Crippen LogP contribution in [0.2, 0.25) is 0 Å². The van der Waals surface area contributed by atoms with Crippen molar-refractivity contribution in [3.63, 3.8) is 0 Å². The largest absolute Gasteiger partial charge is 0.462 e. The van der Waals surface area contributed by atoms with E-state index < -0.39 is 0 Å². The number of anilines is 1. The number of hydrogen-bond acceptors (Lipinski definition) is 7. The van der Waals surface area contributed by atoms with E-state index in [-0.39, 0.29) is 17.6 Å². The lowest BCUT2D eigenvalue weighted by molar-refractivity contribution is -0.113. The van der Waals surface area contributed by atoms with Crippen molar-refractivity contribution in [2.75, 3.05) is 17.7 Å². The maximum atomic E-state index is 12.5. The molecule has 2 aromatic heterocycles. The molecule has 7 nitrogen and oxygen atoms in total. The highest BCUT2D eigenvalue weighted by Crippen LogP contribution is 2.40. The quantitative estimate of drug-likeness (QED) is 0.543. The lowest BCUT2D eigenvalue weighted by Gasteiger charge is -2.18. The van der Waals surface area contributed by atoms with Crippen molar-refractivity contribution in [1.82, 2.24) is 14.8 Å². The monoisotopic (exact) mass is 422 g/mol. The number of hydrogen-bond donors (Lipinski definition) is 1. The zero-order valence-corrected chi connectivity index (χ0v) is 18.3. The lowest BCUT2D eigenvalue weighted by Crippen LogP contribution is -2.18. The fourth-order valence-corrected chi connectivity index (χ4v) is 5.47. The summed E-state index contributed by atoms with van der Waals surface area (Å²) in [5, 5.41) is 12.5. The number of carbonyl (C=O) groups excluding carboxylic acids is 2. The van der Waals surface area contributed by atoms with Crippen molar-refractivity contribution in [2.45, 2.75) is 51.6 Å². The van der Waals surface area contributed by atoms with Gasteiger partial charge in [-0.3, -0.25) is 4.79 Å². The standard InChI is InChI=1S/C19H26N4O3S2/c1-5-14-21-22-19(23(14)4)27-10-15(24)20-17-16(18(25)26-6-2)12-8-7-11(3)9-13(12)28-17/h11H,5-10H2,1-4H3,(H,20,24)/t11-/m1/s1. The van der Waals surface area contributed by atoms with Gasteiger partial charge in [0.15, 0.2) is 5.16 Å². The molecule has 0 bridgehead atoms. The average Bonchev–Trinajstić information content (AvgIpc) is 3.19. The third-order valence-electron chi connectivity index (χ3n) is 4.82. The molecular formula is C19H26N4O3S2. The fraction of sp³-hybridized carbons (Fsp3) is 0.579. The first-order valence-electron chi connectivity index (χ1n) is 9.57. The van der Waals surface area contributed by atoms with Crippen molar-refractivity contribution in [1.29, 1.82) is 0 Å². The van der Waals surface area contributed by atoms with E-state index in [0.717, 1.165) is 37.1 Å². The molecular weight excluding hydrogens is 396 g/mol. The second kappa shape index (κ2) is 9.09. The van der Waals surface area contributed by atoms with Crippen molar-refractivity contribution in [3.05, 3.63) is 21.8 Å². The van der Waals surface area contributed by atoms with Gasteiger partial charge in [0, 0.05) is 18.3 Å². The van der Waals surface area contributed by atoms with E-state index >= 15 is 0 Å². The molecule has 0 aromatic carbocycles. The van der Waals surface area contributed by atoms with Crippen LogP contribution in [0.25, 0.3) is 0 Å². The average molecular weight is 423 g/mol. The minimum absolute atomic E-state index is 0.164.